The minimum atomic E-state index is -0.357. The quantitative estimate of drug-likeness (QED) is 0.500. The average Bonchev–Trinajstić information content (AvgIpc) is 2.75. The molecule has 1 N–H and O–H groups in total. The molecule has 0 spiro atoms. The molecule has 0 aromatic heterocycles. The van der Waals surface area contributed by atoms with Crippen LogP contribution in [0, 0.1) is 5.92 Å². The van der Waals surface area contributed by atoms with E-state index in [2.05, 4.69) is 5.32 Å². The molecule has 0 aliphatic carbocycles. The highest BCUT2D eigenvalue weighted by atomic mass is 35.5. The first-order valence-electron chi connectivity index (χ1n) is 9.18. The fraction of sp³-hybridized carbons (Fsp3) is 0.130. The van der Waals surface area contributed by atoms with Crippen molar-refractivity contribution in [1.29, 1.82) is 0 Å². The topological polar surface area (TPSA) is 64.6 Å². The second-order valence-electron chi connectivity index (χ2n) is 6.70. The van der Waals surface area contributed by atoms with E-state index in [0.717, 1.165) is 11.3 Å². The second kappa shape index (κ2) is 8.37. The molecule has 6 heteroatoms. The Bertz CT molecular complexity index is 1050. The zero-order valence-electron chi connectivity index (χ0n) is 15.4. The molecule has 3 aromatic carbocycles. The molecule has 0 saturated heterocycles. The second-order valence-corrected chi connectivity index (χ2v) is 7.11. The first-order valence-corrected chi connectivity index (χ1v) is 9.56. The number of carbonyl (C=O) groups is 2. The molecule has 0 unspecified atom stereocenters. The number of anilines is 1. The fourth-order valence-corrected chi connectivity index (χ4v) is 3.35. The molecule has 1 atom stereocenters. The third-order valence-electron chi connectivity index (χ3n) is 4.66. The van der Waals surface area contributed by atoms with Crippen molar-refractivity contribution in [3.8, 4) is 11.5 Å². The van der Waals surface area contributed by atoms with Gasteiger partial charge >= 0.3 is 5.97 Å². The first-order chi connectivity index (χ1) is 14.1. The van der Waals surface area contributed by atoms with Crippen LogP contribution in [0.25, 0.3) is 0 Å². The van der Waals surface area contributed by atoms with Crippen LogP contribution in [0.2, 0.25) is 5.02 Å². The summed E-state index contributed by atoms with van der Waals surface area (Å²) in [6.07, 6.45) is 0.584. The van der Waals surface area contributed by atoms with Crippen molar-refractivity contribution in [2.75, 3.05) is 11.9 Å². The summed E-state index contributed by atoms with van der Waals surface area (Å²) in [6, 6.07) is 21.1. The van der Waals surface area contributed by atoms with Crippen molar-refractivity contribution in [3.05, 3.63) is 88.9 Å². The maximum absolute atomic E-state index is 12.5. The van der Waals surface area contributed by atoms with Crippen molar-refractivity contribution in [3.63, 3.8) is 0 Å². The van der Waals surface area contributed by atoms with Gasteiger partial charge in [-0.05, 0) is 54.4 Å². The number of hydrogen-bond donors (Lipinski definition) is 1. The van der Waals surface area contributed by atoms with Gasteiger partial charge in [0.15, 0.2) is 0 Å². The van der Waals surface area contributed by atoms with E-state index in [9.17, 15) is 9.59 Å². The van der Waals surface area contributed by atoms with E-state index < -0.39 is 0 Å². The summed E-state index contributed by atoms with van der Waals surface area (Å²) in [7, 11) is 0. The van der Waals surface area contributed by atoms with Crippen molar-refractivity contribution < 1.29 is 19.1 Å². The average molecular weight is 408 g/mol. The number of benzene rings is 3. The Morgan fingerprint density at radius 1 is 0.966 bits per heavy atom. The molecular formula is C23H18ClNO4. The Kier molecular flexibility index (Phi) is 5.49. The van der Waals surface area contributed by atoms with Gasteiger partial charge < -0.3 is 14.8 Å². The van der Waals surface area contributed by atoms with Gasteiger partial charge in [0.1, 0.15) is 18.1 Å². The largest absolute Gasteiger partial charge is 0.492 e. The predicted octanol–water partition coefficient (Wildman–Crippen LogP) is 4.75. The molecule has 4 rings (SSSR count). The summed E-state index contributed by atoms with van der Waals surface area (Å²) in [5.41, 5.74) is 1.96. The van der Waals surface area contributed by atoms with Crippen LogP contribution in [0.5, 0.6) is 11.5 Å². The van der Waals surface area contributed by atoms with Gasteiger partial charge in [-0.1, -0.05) is 41.9 Å². The molecular weight excluding hydrogens is 390 g/mol. The lowest BCUT2D eigenvalue weighted by molar-refractivity contribution is -0.140. The summed E-state index contributed by atoms with van der Waals surface area (Å²) in [6.45, 7) is 0.293. The standard InChI is InChI=1S/C23H18ClNO4/c24-20-7-3-2-6-19(20)22(26)25-17-9-11-18(12-10-17)29-23(27)16-13-15-5-1-4-8-21(15)28-14-16/h1-12,16H,13-14H2,(H,25,26)/t16-/m0/s1. The minimum Gasteiger partial charge on any atom is -0.492 e. The highest BCUT2D eigenvalue weighted by Gasteiger charge is 2.27. The molecule has 0 radical (unpaired) electrons. The Labute approximate surface area is 173 Å². The van der Waals surface area contributed by atoms with Crippen LogP contribution in [0.4, 0.5) is 5.69 Å². The number of rotatable bonds is 4. The molecule has 3 aromatic rings. The van der Waals surface area contributed by atoms with Gasteiger partial charge in [-0.15, -0.1) is 0 Å². The van der Waals surface area contributed by atoms with Crippen molar-refractivity contribution in [2.45, 2.75) is 6.42 Å². The van der Waals surface area contributed by atoms with Crippen LogP contribution >= 0.6 is 11.6 Å². The van der Waals surface area contributed by atoms with Gasteiger partial charge in [0.05, 0.1) is 16.5 Å². The summed E-state index contributed by atoms with van der Waals surface area (Å²) in [5.74, 6) is 0.218. The lowest BCUT2D eigenvalue weighted by Crippen LogP contribution is -2.31. The van der Waals surface area contributed by atoms with Crippen molar-refractivity contribution in [2.24, 2.45) is 5.92 Å². The molecule has 1 aliphatic heterocycles. The molecule has 1 aliphatic rings. The smallest absolute Gasteiger partial charge is 0.318 e. The molecule has 0 fully saturated rings. The number of nitrogens with one attached hydrogen (secondary N) is 1. The van der Waals surface area contributed by atoms with Crippen LogP contribution in [-0.2, 0) is 11.2 Å². The number of carbonyl (C=O) groups excluding carboxylic acids is 2. The fourth-order valence-electron chi connectivity index (χ4n) is 3.13. The maximum atomic E-state index is 12.5. The summed E-state index contributed by atoms with van der Waals surface area (Å²) in [5, 5.41) is 3.15. The minimum absolute atomic E-state index is 0.293. The van der Waals surface area contributed by atoms with Crippen molar-refractivity contribution >= 4 is 29.2 Å². The van der Waals surface area contributed by atoms with E-state index >= 15 is 0 Å². The summed E-state index contributed by atoms with van der Waals surface area (Å²) in [4.78, 5) is 24.8. The van der Waals surface area contributed by atoms with Crippen LogP contribution in [-0.4, -0.2) is 18.5 Å². The molecule has 0 saturated carbocycles. The van der Waals surface area contributed by atoms with Crippen LogP contribution in [0.1, 0.15) is 15.9 Å². The predicted molar refractivity (Wildman–Crippen MR) is 111 cm³/mol. The van der Waals surface area contributed by atoms with Gasteiger partial charge in [0, 0.05) is 5.69 Å². The summed E-state index contributed by atoms with van der Waals surface area (Å²) >= 11 is 6.04. The zero-order valence-corrected chi connectivity index (χ0v) is 16.2. The molecule has 0 bridgehead atoms. The zero-order chi connectivity index (χ0) is 20.2. The highest BCUT2D eigenvalue weighted by molar-refractivity contribution is 6.34. The number of esters is 1. The van der Waals surface area contributed by atoms with E-state index in [4.69, 9.17) is 21.1 Å². The number of ether oxygens (including phenoxy) is 2. The molecule has 29 heavy (non-hydrogen) atoms. The number of para-hydroxylation sites is 1. The summed E-state index contributed by atoms with van der Waals surface area (Å²) < 4.78 is 11.1. The third kappa shape index (κ3) is 4.41. The van der Waals surface area contributed by atoms with Gasteiger partial charge in [-0.3, -0.25) is 9.59 Å². The van der Waals surface area contributed by atoms with E-state index in [1.54, 1.807) is 48.5 Å². The van der Waals surface area contributed by atoms with Crippen LogP contribution in [0.3, 0.4) is 0 Å². The lowest BCUT2D eigenvalue weighted by Gasteiger charge is -2.23. The van der Waals surface area contributed by atoms with E-state index in [0.29, 0.717) is 35.1 Å². The third-order valence-corrected chi connectivity index (χ3v) is 4.99. The number of halogens is 1. The normalized spacial score (nSPS) is 15.0. The number of fused-ring (bicyclic) bond motifs is 1. The Morgan fingerprint density at radius 2 is 1.69 bits per heavy atom. The number of amides is 1. The lowest BCUT2D eigenvalue weighted by atomic mass is 9.97. The van der Waals surface area contributed by atoms with Gasteiger partial charge in [0.2, 0.25) is 0 Å². The molecule has 5 nitrogen and oxygen atoms in total. The van der Waals surface area contributed by atoms with Gasteiger partial charge in [0.25, 0.3) is 5.91 Å². The Hall–Kier alpha value is -3.31. The van der Waals surface area contributed by atoms with E-state index in [1.807, 2.05) is 24.3 Å². The van der Waals surface area contributed by atoms with Crippen LogP contribution in [0.15, 0.2) is 72.8 Å². The SMILES string of the molecule is O=C(Nc1ccc(OC(=O)[C@@H]2COc3ccccc3C2)cc1)c1ccccc1Cl. The molecule has 1 amide bonds. The highest BCUT2D eigenvalue weighted by Crippen LogP contribution is 2.28. The first kappa shape index (κ1) is 19.0. The monoisotopic (exact) mass is 407 g/mol. The van der Waals surface area contributed by atoms with Crippen LogP contribution < -0.4 is 14.8 Å². The van der Waals surface area contributed by atoms with E-state index in [-0.39, 0.29) is 17.8 Å². The molecule has 1 heterocycles. The Balaban J connectivity index is 1.37. The maximum Gasteiger partial charge on any atom is 0.318 e. The molecule has 146 valence electrons. The van der Waals surface area contributed by atoms with Gasteiger partial charge in [-0.25, -0.2) is 0 Å². The number of hydrogen-bond acceptors (Lipinski definition) is 4. The van der Waals surface area contributed by atoms with E-state index in [1.165, 1.54) is 0 Å². The Morgan fingerprint density at radius 3 is 2.48 bits per heavy atom. The van der Waals surface area contributed by atoms with Crippen molar-refractivity contribution in [1.82, 2.24) is 0 Å². The van der Waals surface area contributed by atoms with Gasteiger partial charge in [-0.2, -0.15) is 0 Å².